The van der Waals surface area contributed by atoms with Crippen molar-refractivity contribution in [2.45, 2.75) is 45.1 Å². The van der Waals surface area contributed by atoms with Crippen molar-refractivity contribution in [1.29, 1.82) is 0 Å². The fourth-order valence-electron chi connectivity index (χ4n) is 3.74. The van der Waals surface area contributed by atoms with Gasteiger partial charge in [0.2, 0.25) is 0 Å². The molecule has 4 rings (SSSR count). The molecule has 7 heteroatoms. The van der Waals surface area contributed by atoms with Crippen molar-refractivity contribution >= 4 is 17.5 Å². The molecule has 1 fully saturated rings. The van der Waals surface area contributed by atoms with Crippen molar-refractivity contribution in [3.63, 3.8) is 0 Å². The number of hydrogen-bond donors (Lipinski definition) is 1. The first-order valence-electron chi connectivity index (χ1n) is 10.8. The molecule has 3 aromatic rings. The van der Waals surface area contributed by atoms with Gasteiger partial charge in [0, 0.05) is 47.1 Å². The molecule has 6 nitrogen and oxygen atoms in total. The van der Waals surface area contributed by atoms with Gasteiger partial charge in [0.15, 0.2) is 0 Å². The maximum atomic E-state index is 12.8. The average Bonchev–Trinajstić information content (AvgIpc) is 2.78. The summed E-state index contributed by atoms with van der Waals surface area (Å²) >= 11 is 6.56. The van der Waals surface area contributed by atoms with Crippen LogP contribution >= 0.6 is 11.6 Å². The maximum absolute atomic E-state index is 12.8. The summed E-state index contributed by atoms with van der Waals surface area (Å²) in [6.45, 7) is 7.46. The van der Waals surface area contributed by atoms with Gasteiger partial charge in [0.1, 0.15) is 0 Å². The number of piperidine rings is 1. The van der Waals surface area contributed by atoms with Gasteiger partial charge in [-0.3, -0.25) is 14.8 Å². The molecule has 3 heterocycles. The van der Waals surface area contributed by atoms with Gasteiger partial charge in [0.05, 0.1) is 34.9 Å². The lowest BCUT2D eigenvalue weighted by Gasteiger charge is -2.29. The lowest BCUT2D eigenvalue weighted by atomic mass is 9.90. The molecule has 0 atom stereocenters. The van der Waals surface area contributed by atoms with Crippen LogP contribution in [0.1, 0.15) is 49.7 Å². The molecule has 1 amide bonds. The number of benzene rings is 1. The molecular formula is C25H27ClN4O2. The average molecular weight is 451 g/mol. The number of amides is 1. The number of rotatable bonds is 3. The minimum Gasteiger partial charge on any atom is -0.393 e. The number of carbonyl (C=O) groups is 1. The highest BCUT2D eigenvalue weighted by molar-refractivity contribution is 6.33. The largest absolute Gasteiger partial charge is 0.393 e. The van der Waals surface area contributed by atoms with E-state index in [1.165, 1.54) is 0 Å². The molecule has 0 aliphatic carbocycles. The van der Waals surface area contributed by atoms with Crippen LogP contribution in [0.3, 0.4) is 0 Å². The van der Waals surface area contributed by atoms with Crippen LogP contribution in [0.4, 0.5) is 0 Å². The van der Waals surface area contributed by atoms with E-state index in [-0.39, 0.29) is 17.4 Å². The summed E-state index contributed by atoms with van der Waals surface area (Å²) in [5, 5.41) is 10.1. The van der Waals surface area contributed by atoms with E-state index in [9.17, 15) is 9.90 Å². The normalized spacial score (nSPS) is 15.1. The zero-order valence-corrected chi connectivity index (χ0v) is 19.3. The summed E-state index contributed by atoms with van der Waals surface area (Å²) in [5.74, 6) is -0.0725. The van der Waals surface area contributed by atoms with E-state index < -0.39 is 0 Å². The van der Waals surface area contributed by atoms with E-state index in [1.807, 2.05) is 18.2 Å². The van der Waals surface area contributed by atoms with Crippen LogP contribution in [0.2, 0.25) is 5.02 Å². The predicted molar refractivity (Wildman–Crippen MR) is 126 cm³/mol. The van der Waals surface area contributed by atoms with Crippen LogP contribution in [-0.2, 0) is 5.41 Å². The summed E-state index contributed by atoms with van der Waals surface area (Å²) < 4.78 is 0. The van der Waals surface area contributed by atoms with Crippen LogP contribution in [0.5, 0.6) is 0 Å². The molecule has 0 bridgehead atoms. The second-order valence-corrected chi connectivity index (χ2v) is 9.59. The van der Waals surface area contributed by atoms with E-state index >= 15 is 0 Å². The predicted octanol–water partition coefficient (Wildman–Crippen LogP) is 4.75. The summed E-state index contributed by atoms with van der Waals surface area (Å²) in [7, 11) is 0. The zero-order chi connectivity index (χ0) is 22.9. The molecule has 0 unspecified atom stereocenters. The van der Waals surface area contributed by atoms with Gasteiger partial charge in [-0.05, 0) is 37.1 Å². The third kappa shape index (κ3) is 4.81. The van der Waals surface area contributed by atoms with Crippen LogP contribution in [0.15, 0.2) is 48.9 Å². The van der Waals surface area contributed by atoms with Crippen LogP contribution in [-0.4, -0.2) is 50.1 Å². The molecule has 1 N–H and O–H groups in total. The molecular weight excluding hydrogens is 424 g/mol. The number of nitrogens with zero attached hydrogens (tertiary/aromatic N) is 4. The van der Waals surface area contributed by atoms with E-state index in [2.05, 4.69) is 30.7 Å². The number of aliphatic hydroxyl groups is 1. The van der Waals surface area contributed by atoms with Gasteiger partial charge in [-0.2, -0.15) is 0 Å². The molecule has 0 saturated carbocycles. The lowest BCUT2D eigenvalue weighted by Crippen LogP contribution is -2.40. The van der Waals surface area contributed by atoms with Gasteiger partial charge in [0.25, 0.3) is 5.91 Å². The number of likely N-dealkylation sites (tertiary alicyclic amines) is 1. The Hall–Kier alpha value is -2.83. The van der Waals surface area contributed by atoms with Crippen molar-refractivity contribution in [3.05, 3.63) is 65.2 Å². The molecule has 1 aromatic carbocycles. The highest BCUT2D eigenvalue weighted by Crippen LogP contribution is 2.30. The molecule has 1 aliphatic heterocycles. The van der Waals surface area contributed by atoms with E-state index in [4.69, 9.17) is 16.6 Å². The van der Waals surface area contributed by atoms with Gasteiger partial charge in [-0.15, -0.1) is 0 Å². The fraction of sp³-hybridized carbons (Fsp3) is 0.360. The molecule has 0 spiro atoms. The summed E-state index contributed by atoms with van der Waals surface area (Å²) in [6, 6.07) is 9.22. The number of halogens is 1. The Labute approximate surface area is 193 Å². The Kier molecular flexibility index (Phi) is 6.26. The van der Waals surface area contributed by atoms with E-state index in [0.717, 1.165) is 22.5 Å². The minimum absolute atomic E-state index is 0.0703. The SMILES string of the molecule is CC(C)(C)c1cc(-c2cncc(-c3ccc(C(=O)N4CCC(O)CC4)cc3Cl)n2)ccn1. The molecule has 1 saturated heterocycles. The first-order chi connectivity index (χ1) is 15.2. The van der Waals surface area contributed by atoms with Crippen LogP contribution in [0, 0.1) is 0 Å². The third-order valence-electron chi connectivity index (χ3n) is 5.70. The van der Waals surface area contributed by atoms with Crippen molar-refractivity contribution in [1.82, 2.24) is 19.9 Å². The van der Waals surface area contributed by atoms with Gasteiger partial charge < -0.3 is 10.0 Å². The van der Waals surface area contributed by atoms with Crippen molar-refractivity contribution in [2.75, 3.05) is 13.1 Å². The maximum Gasteiger partial charge on any atom is 0.253 e. The highest BCUT2D eigenvalue weighted by Gasteiger charge is 2.23. The van der Waals surface area contributed by atoms with Gasteiger partial charge >= 0.3 is 0 Å². The van der Waals surface area contributed by atoms with E-state index in [1.54, 1.807) is 35.6 Å². The zero-order valence-electron chi connectivity index (χ0n) is 18.5. The van der Waals surface area contributed by atoms with Gasteiger partial charge in [-0.1, -0.05) is 38.4 Å². The van der Waals surface area contributed by atoms with Crippen LogP contribution < -0.4 is 0 Å². The summed E-state index contributed by atoms with van der Waals surface area (Å²) in [5.41, 5.74) is 4.47. The Morgan fingerprint density at radius 1 is 1.09 bits per heavy atom. The molecule has 2 aromatic heterocycles. The van der Waals surface area contributed by atoms with Crippen molar-refractivity contribution in [2.24, 2.45) is 0 Å². The fourth-order valence-corrected chi connectivity index (χ4v) is 4.02. The Morgan fingerprint density at radius 2 is 1.81 bits per heavy atom. The third-order valence-corrected chi connectivity index (χ3v) is 6.02. The second-order valence-electron chi connectivity index (χ2n) is 9.19. The van der Waals surface area contributed by atoms with Gasteiger partial charge in [-0.25, -0.2) is 4.98 Å². The number of pyridine rings is 1. The molecule has 32 heavy (non-hydrogen) atoms. The van der Waals surface area contributed by atoms with E-state index in [0.29, 0.717) is 42.2 Å². The Morgan fingerprint density at radius 3 is 2.50 bits per heavy atom. The minimum atomic E-state index is -0.323. The monoisotopic (exact) mass is 450 g/mol. The Balaban J connectivity index is 1.60. The smallest absolute Gasteiger partial charge is 0.253 e. The topological polar surface area (TPSA) is 79.2 Å². The van der Waals surface area contributed by atoms with Crippen molar-refractivity contribution < 1.29 is 9.90 Å². The summed E-state index contributed by atoms with van der Waals surface area (Å²) in [4.78, 5) is 28.2. The van der Waals surface area contributed by atoms with Crippen molar-refractivity contribution in [3.8, 4) is 22.5 Å². The molecule has 166 valence electrons. The number of aliphatic hydroxyl groups excluding tert-OH is 1. The number of carbonyl (C=O) groups excluding carboxylic acids is 1. The second kappa shape index (κ2) is 8.96. The molecule has 0 radical (unpaired) electrons. The standard InChI is InChI=1S/C25H27ClN4O2/c1-25(2,3)23-13-16(6-9-28-23)21-14-27-15-22(29-21)19-5-4-17(12-20(19)26)24(32)30-10-7-18(31)8-11-30/h4-6,9,12-15,18,31H,7-8,10-11H2,1-3H3. The quantitative estimate of drug-likeness (QED) is 0.622. The number of aromatic nitrogens is 3. The number of hydrogen-bond acceptors (Lipinski definition) is 5. The lowest BCUT2D eigenvalue weighted by molar-refractivity contribution is 0.0546. The van der Waals surface area contributed by atoms with Crippen LogP contribution in [0.25, 0.3) is 22.5 Å². The molecule has 1 aliphatic rings. The first-order valence-corrected chi connectivity index (χ1v) is 11.2. The Bertz CT molecular complexity index is 1130. The summed E-state index contributed by atoms with van der Waals surface area (Å²) in [6.07, 6.45) is 6.07. The first kappa shape index (κ1) is 22.4. The highest BCUT2D eigenvalue weighted by atomic mass is 35.5.